The normalized spacial score (nSPS) is 30.3. The van der Waals surface area contributed by atoms with Crippen LogP contribution in [-0.2, 0) is 11.2 Å². The van der Waals surface area contributed by atoms with Crippen LogP contribution < -0.4 is 10.5 Å². The average Bonchev–Trinajstić information content (AvgIpc) is 2.54. The Kier molecular flexibility index (Phi) is 4.42. The van der Waals surface area contributed by atoms with Crippen LogP contribution in [0.5, 0.6) is 5.75 Å². The number of ether oxygens (including phenoxy) is 1. The number of hydrogen-bond donors (Lipinski definition) is 1. The number of hydrogen-bond acceptors (Lipinski definition) is 3. The minimum atomic E-state index is 0.616. The first kappa shape index (κ1) is 15.4. The fourth-order valence-electron chi connectivity index (χ4n) is 4.93. The summed E-state index contributed by atoms with van der Waals surface area (Å²) in [5, 5.41) is 0. The molecule has 0 spiro atoms. The van der Waals surface area contributed by atoms with Crippen LogP contribution in [0.4, 0.5) is 5.69 Å². The van der Waals surface area contributed by atoms with Gasteiger partial charge < -0.3 is 15.3 Å². The highest BCUT2D eigenvalue weighted by Crippen LogP contribution is 2.52. The Morgan fingerprint density at radius 3 is 2.86 bits per heavy atom. The topological polar surface area (TPSA) is 52.3 Å². The van der Waals surface area contributed by atoms with E-state index in [1.807, 2.05) is 6.07 Å². The molecule has 4 atom stereocenters. The van der Waals surface area contributed by atoms with Crippen molar-refractivity contribution in [2.45, 2.75) is 51.4 Å². The summed E-state index contributed by atoms with van der Waals surface area (Å²) in [6.45, 7) is 2.36. The molecule has 3 nitrogen and oxygen atoms in total. The van der Waals surface area contributed by atoms with Crippen molar-refractivity contribution in [3.63, 3.8) is 0 Å². The number of nitrogen functional groups attached to an aromatic ring is 1. The number of rotatable bonds is 4. The fourth-order valence-corrected chi connectivity index (χ4v) is 4.93. The zero-order chi connectivity index (χ0) is 15.7. The van der Waals surface area contributed by atoms with E-state index in [1.54, 1.807) is 7.11 Å². The number of aldehydes is 1. The number of benzene rings is 1. The lowest BCUT2D eigenvalue weighted by atomic mass is 9.59. The zero-order valence-electron chi connectivity index (χ0n) is 13.7. The Morgan fingerprint density at radius 2 is 2.14 bits per heavy atom. The van der Waals surface area contributed by atoms with Crippen molar-refractivity contribution in [1.29, 1.82) is 0 Å². The van der Waals surface area contributed by atoms with E-state index in [0.29, 0.717) is 24.2 Å². The predicted molar refractivity (Wildman–Crippen MR) is 89.1 cm³/mol. The highest BCUT2D eigenvalue weighted by molar-refractivity contribution is 5.63. The highest BCUT2D eigenvalue weighted by atomic mass is 16.5. The molecule has 0 radical (unpaired) electrons. The second-order valence-corrected chi connectivity index (χ2v) is 7.02. The van der Waals surface area contributed by atoms with Crippen LogP contribution in [-0.4, -0.2) is 13.4 Å². The first-order valence-corrected chi connectivity index (χ1v) is 8.56. The fraction of sp³-hybridized carbons (Fsp3) is 0.632. The van der Waals surface area contributed by atoms with Crippen molar-refractivity contribution in [3.05, 3.63) is 23.3 Å². The Balaban J connectivity index is 1.91. The SMILES string of the molecule is COc1ccc2c(c1N)CCC1C2CCC(C)C1CCC=O. The van der Waals surface area contributed by atoms with E-state index < -0.39 is 0 Å². The molecule has 4 unspecified atom stereocenters. The maximum Gasteiger partial charge on any atom is 0.142 e. The number of fused-ring (bicyclic) bond motifs is 3. The predicted octanol–water partition coefficient (Wildman–Crippen LogP) is 3.95. The number of nitrogens with two attached hydrogens (primary N) is 1. The van der Waals surface area contributed by atoms with Gasteiger partial charge in [0.15, 0.2) is 0 Å². The molecule has 1 fully saturated rings. The highest BCUT2D eigenvalue weighted by Gasteiger charge is 2.41. The van der Waals surface area contributed by atoms with Gasteiger partial charge in [0.2, 0.25) is 0 Å². The Morgan fingerprint density at radius 1 is 1.32 bits per heavy atom. The Labute approximate surface area is 133 Å². The smallest absolute Gasteiger partial charge is 0.142 e. The van der Waals surface area contributed by atoms with Crippen LogP contribution in [0.1, 0.15) is 56.1 Å². The van der Waals surface area contributed by atoms with Gasteiger partial charge in [-0.15, -0.1) is 0 Å². The van der Waals surface area contributed by atoms with Crippen molar-refractivity contribution in [1.82, 2.24) is 0 Å². The van der Waals surface area contributed by atoms with Gasteiger partial charge in [-0.25, -0.2) is 0 Å². The molecule has 0 aromatic heterocycles. The van der Waals surface area contributed by atoms with Gasteiger partial charge in [-0.3, -0.25) is 0 Å². The number of methoxy groups -OCH3 is 1. The first-order chi connectivity index (χ1) is 10.7. The maximum absolute atomic E-state index is 10.8. The Bertz CT molecular complexity index is 555. The third-order valence-corrected chi connectivity index (χ3v) is 6.05. The molecule has 120 valence electrons. The van der Waals surface area contributed by atoms with Gasteiger partial charge in [0.05, 0.1) is 12.8 Å². The van der Waals surface area contributed by atoms with E-state index in [2.05, 4.69) is 13.0 Å². The largest absolute Gasteiger partial charge is 0.495 e. The van der Waals surface area contributed by atoms with E-state index in [4.69, 9.17) is 10.5 Å². The molecular formula is C19H27NO2. The molecule has 3 heteroatoms. The molecule has 0 amide bonds. The van der Waals surface area contributed by atoms with Gasteiger partial charge in [-0.05, 0) is 73.0 Å². The third-order valence-electron chi connectivity index (χ3n) is 6.05. The van der Waals surface area contributed by atoms with Crippen molar-refractivity contribution >= 4 is 12.0 Å². The summed E-state index contributed by atoms with van der Waals surface area (Å²) >= 11 is 0. The molecule has 2 N–H and O–H groups in total. The van der Waals surface area contributed by atoms with Gasteiger partial charge in [-0.1, -0.05) is 13.0 Å². The second-order valence-electron chi connectivity index (χ2n) is 7.02. The molecule has 0 aliphatic heterocycles. The molecular weight excluding hydrogens is 274 g/mol. The molecule has 1 aromatic rings. The van der Waals surface area contributed by atoms with E-state index in [-0.39, 0.29) is 0 Å². The molecule has 3 rings (SSSR count). The molecule has 1 aromatic carbocycles. The monoisotopic (exact) mass is 301 g/mol. The van der Waals surface area contributed by atoms with Gasteiger partial charge in [0, 0.05) is 6.42 Å². The van der Waals surface area contributed by atoms with Crippen molar-refractivity contribution in [2.24, 2.45) is 17.8 Å². The molecule has 1 saturated carbocycles. The van der Waals surface area contributed by atoms with Crippen molar-refractivity contribution in [2.75, 3.05) is 12.8 Å². The van der Waals surface area contributed by atoms with Crippen molar-refractivity contribution in [3.8, 4) is 5.75 Å². The quantitative estimate of drug-likeness (QED) is 0.677. The van der Waals surface area contributed by atoms with Crippen LogP contribution in [0, 0.1) is 17.8 Å². The van der Waals surface area contributed by atoms with E-state index in [1.165, 1.54) is 30.4 Å². The Hall–Kier alpha value is -1.51. The summed E-state index contributed by atoms with van der Waals surface area (Å²) in [6.07, 6.45) is 7.59. The minimum Gasteiger partial charge on any atom is -0.495 e. The van der Waals surface area contributed by atoms with Gasteiger partial charge in [0.1, 0.15) is 12.0 Å². The number of anilines is 1. The average molecular weight is 301 g/mol. The minimum absolute atomic E-state index is 0.616. The van der Waals surface area contributed by atoms with Crippen LogP contribution in [0.25, 0.3) is 0 Å². The molecule has 22 heavy (non-hydrogen) atoms. The van der Waals surface area contributed by atoms with Crippen LogP contribution >= 0.6 is 0 Å². The summed E-state index contributed by atoms with van der Waals surface area (Å²) in [5.41, 5.74) is 9.89. The molecule has 2 aliphatic carbocycles. The third kappa shape index (κ3) is 2.51. The molecule has 0 bridgehead atoms. The van der Waals surface area contributed by atoms with E-state index in [0.717, 1.165) is 36.5 Å². The zero-order valence-corrected chi connectivity index (χ0v) is 13.7. The van der Waals surface area contributed by atoms with Gasteiger partial charge >= 0.3 is 0 Å². The van der Waals surface area contributed by atoms with E-state index >= 15 is 0 Å². The molecule has 2 aliphatic rings. The van der Waals surface area contributed by atoms with E-state index in [9.17, 15) is 4.79 Å². The molecule has 0 heterocycles. The summed E-state index contributed by atoms with van der Waals surface area (Å²) in [6, 6.07) is 4.25. The molecule has 0 saturated heterocycles. The summed E-state index contributed by atoms with van der Waals surface area (Å²) in [7, 11) is 1.68. The summed E-state index contributed by atoms with van der Waals surface area (Å²) in [4.78, 5) is 10.8. The maximum atomic E-state index is 10.8. The van der Waals surface area contributed by atoms with Gasteiger partial charge in [0.25, 0.3) is 0 Å². The lowest BCUT2D eigenvalue weighted by molar-refractivity contribution is -0.108. The summed E-state index contributed by atoms with van der Waals surface area (Å²) < 4.78 is 5.37. The van der Waals surface area contributed by atoms with Crippen molar-refractivity contribution < 1.29 is 9.53 Å². The van der Waals surface area contributed by atoms with Crippen LogP contribution in [0.3, 0.4) is 0 Å². The van der Waals surface area contributed by atoms with Crippen LogP contribution in [0.15, 0.2) is 12.1 Å². The number of carbonyl (C=O) groups is 1. The van der Waals surface area contributed by atoms with Gasteiger partial charge in [-0.2, -0.15) is 0 Å². The second kappa shape index (κ2) is 6.31. The summed E-state index contributed by atoms with van der Waals surface area (Å²) in [5.74, 6) is 3.55. The van der Waals surface area contributed by atoms with Crippen LogP contribution in [0.2, 0.25) is 0 Å². The standard InChI is InChI=1S/C19H27NO2/c1-12-5-6-15-14(13(12)4-3-11-21)7-8-17-16(15)9-10-18(22-2)19(17)20/h9-15H,3-8,20H2,1-2H3. The lowest BCUT2D eigenvalue weighted by Crippen LogP contribution is -2.36. The lowest BCUT2D eigenvalue weighted by Gasteiger charge is -2.46. The number of carbonyl (C=O) groups excluding carboxylic acids is 1. The first-order valence-electron chi connectivity index (χ1n) is 8.56.